The monoisotopic (exact) mass is 472 g/mol. The van der Waals surface area contributed by atoms with Gasteiger partial charge < -0.3 is 15.1 Å². The highest BCUT2D eigenvalue weighted by molar-refractivity contribution is 7.18. The van der Waals surface area contributed by atoms with Crippen molar-refractivity contribution in [3.63, 3.8) is 0 Å². The number of nitrogens with one attached hydrogen (secondary N) is 1. The van der Waals surface area contributed by atoms with Crippen LogP contribution in [0, 0.1) is 0 Å². The molecule has 32 heavy (non-hydrogen) atoms. The van der Waals surface area contributed by atoms with E-state index in [2.05, 4.69) is 48.6 Å². The molecule has 0 bridgehead atoms. The minimum Gasteiger partial charge on any atom is -0.346 e. The molecule has 0 spiro atoms. The molecule has 2 aliphatic heterocycles. The zero-order valence-corrected chi connectivity index (χ0v) is 20.1. The summed E-state index contributed by atoms with van der Waals surface area (Å²) in [5, 5.41) is 3.12. The number of carbonyl (C=O) groups excluding carboxylic acids is 2. The van der Waals surface area contributed by atoms with Crippen LogP contribution >= 0.6 is 22.9 Å². The standard InChI is InChI=1S/C24H29ClN4O2S/c1-27(2)14-12-24(10-11-24)16-3-5-17(6-4-16)29-15-19-18(9-13-28(19)23(29)31)26-22(30)20-7-8-21(25)32-20/h3-8,18-19H,9-15H2,1-2H3,(H,26,30)/t18-,19-/m1/s1. The summed E-state index contributed by atoms with van der Waals surface area (Å²) in [6.45, 7) is 2.36. The fourth-order valence-electron chi connectivity index (χ4n) is 5.06. The van der Waals surface area contributed by atoms with Gasteiger partial charge in [0.05, 0.1) is 27.8 Å². The van der Waals surface area contributed by atoms with Crippen LogP contribution in [-0.2, 0) is 5.41 Å². The van der Waals surface area contributed by atoms with Gasteiger partial charge in [0.1, 0.15) is 0 Å². The number of anilines is 1. The average Bonchev–Trinajstić information content (AvgIpc) is 3.08. The number of rotatable bonds is 7. The third-order valence-corrected chi connectivity index (χ3v) is 8.42. The zero-order chi connectivity index (χ0) is 22.5. The maximum Gasteiger partial charge on any atom is 0.324 e. The lowest BCUT2D eigenvalue weighted by molar-refractivity contribution is 0.0935. The number of halogens is 1. The third kappa shape index (κ3) is 4.02. The average molecular weight is 473 g/mol. The molecule has 2 aromatic rings. The predicted octanol–water partition coefficient (Wildman–Crippen LogP) is 4.20. The van der Waals surface area contributed by atoms with Crippen LogP contribution in [0.4, 0.5) is 10.5 Å². The van der Waals surface area contributed by atoms with Crippen molar-refractivity contribution >= 4 is 40.6 Å². The number of urea groups is 1. The summed E-state index contributed by atoms with van der Waals surface area (Å²) < 4.78 is 0.601. The largest absolute Gasteiger partial charge is 0.346 e. The third-order valence-electron chi connectivity index (χ3n) is 7.19. The van der Waals surface area contributed by atoms with Gasteiger partial charge in [-0.2, -0.15) is 0 Å². The summed E-state index contributed by atoms with van der Waals surface area (Å²) in [6.07, 6.45) is 4.45. The fraction of sp³-hybridized carbons (Fsp3) is 0.500. The maximum atomic E-state index is 13.1. The van der Waals surface area contributed by atoms with Gasteiger partial charge in [0.25, 0.3) is 5.91 Å². The Hall–Kier alpha value is -2.09. The van der Waals surface area contributed by atoms with E-state index in [9.17, 15) is 9.59 Å². The highest BCUT2D eigenvalue weighted by atomic mass is 35.5. The van der Waals surface area contributed by atoms with E-state index in [1.54, 1.807) is 12.1 Å². The lowest BCUT2D eigenvalue weighted by Crippen LogP contribution is -2.44. The normalized spacial score (nSPS) is 23.7. The number of nitrogens with zero attached hydrogens (tertiary/aromatic N) is 3. The van der Waals surface area contributed by atoms with Gasteiger partial charge in [-0.15, -0.1) is 11.3 Å². The minimum absolute atomic E-state index is 0.00331. The van der Waals surface area contributed by atoms with Crippen LogP contribution in [0.25, 0.3) is 0 Å². The number of hydrogen-bond donors (Lipinski definition) is 1. The first-order valence-corrected chi connectivity index (χ1v) is 12.5. The second-order valence-electron chi connectivity index (χ2n) is 9.51. The van der Waals surface area contributed by atoms with Gasteiger partial charge in [-0.3, -0.25) is 9.69 Å². The number of fused-ring (bicyclic) bond motifs is 1. The molecule has 1 aromatic heterocycles. The number of amides is 3. The number of hydrogen-bond acceptors (Lipinski definition) is 4. The topological polar surface area (TPSA) is 55.9 Å². The molecule has 5 rings (SSSR count). The van der Waals surface area contributed by atoms with Crippen LogP contribution in [0.1, 0.15) is 40.9 Å². The maximum absolute atomic E-state index is 13.1. The van der Waals surface area contributed by atoms with Crippen molar-refractivity contribution in [2.75, 3.05) is 38.6 Å². The van der Waals surface area contributed by atoms with Crippen molar-refractivity contribution in [1.29, 1.82) is 0 Å². The highest BCUT2D eigenvalue weighted by Gasteiger charge is 2.47. The van der Waals surface area contributed by atoms with E-state index in [4.69, 9.17) is 11.6 Å². The second kappa shape index (κ2) is 8.36. The smallest absolute Gasteiger partial charge is 0.324 e. The molecule has 0 unspecified atom stereocenters. The molecular weight excluding hydrogens is 444 g/mol. The lowest BCUT2D eigenvalue weighted by Gasteiger charge is -2.21. The van der Waals surface area contributed by atoms with Gasteiger partial charge in [-0.1, -0.05) is 23.7 Å². The summed E-state index contributed by atoms with van der Waals surface area (Å²) in [6, 6.07) is 12.1. The van der Waals surface area contributed by atoms with Crippen LogP contribution in [0.15, 0.2) is 36.4 Å². The highest BCUT2D eigenvalue weighted by Crippen LogP contribution is 2.51. The summed E-state index contributed by atoms with van der Waals surface area (Å²) in [4.78, 5) is 32.3. The van der Waals surface area contributed by atoms with Gasteiger partial charge >= 0.3 is 6.03 Å². The molecule has 3 heterocycles. The van der Waals surface area contributed by atoms with Crippen LogP contribution in [0.2, 0.25) is 4.34 Å². The summed E-state index contributed by atoms with van der Waals surface area (Å²) in [7, 11) is 4.24. The van der Waals surface area contributed by atoms with Gasteiger partial charge in [0.2, 0.25) is 0 Å². The van der Waals surface area contributed by atoms with E-state index in [0.29, 0.717) is 27.7 Å². The Bertz CT molecular complexity index is 1020. The Morgan fingerprint density at radius 1 is 1.22 bits per heavy atom. The van der Waals surface area contributed by atoms with Crippen molar-refractivity contribution in [3.8, 4) is 0 Å². The number of carbonyl (C=O) groups is 2. The van der Waals surface area contributed by atoms with Crippen molar-refractivity contribution in [3.05, 3.63) is 51.2 Å². The van der Waals surface area contributed by atoms with Gasteiger partial charge in [0, 0.05) is 12.2 Å². The van der Waals surface area contributed by atoms with E-state index in [1.165, 1.54) is 36.2 Å². The minimum atomic E-state index is -0.114. The summed E-state index contributed by atoms with van der Waals surface area (Å²) in [5.74, 6) is -0.114. The zero-order valence-electron chi connectivity index (χ0n) is 18.5. The SMILES string of the molecule is CN(C)CCC1(c2ccc(N3C[C@@H]4[C@H](NC(=O)c5ccc(Cl)s5)CCN4C3=O)cc2)CC1. The Kier molecular flexibility index (Phi) is 5.68. The first kappa shape index (κ1) is 21.7. The lowest BCUT2D eigenvalue weighted by atomic mass is 9.92. The molecule has 1 saturated carbocycles. The summed E-state index contributed by atoms with van der Waals surface area (Å²) in [5.41, 5.74) is 2.64. The van der Waals surface area contributed by atoms with E-state index in [0.717, 1.165) is 18.7 Å². The van der Waals surface area contributed by atoms with E-state index < -0.39 is 0 Å². The quantitative estimate of drug-likeness (QED) is 0.657. The fourth-order valence-corrected chi connectivity index (χ4v) is 6.01. The Morgan fingerprint density at radius 2 is 1.97 bits per heavy atom. The van der Waals surface area contributed by atoms with Crippen LogP contribution in [-0.4, -0.2) is 67.6 Å². The van der Waals surface area contributed by atoms with E-state index in [-0.39, 0.29) is 24.0 Å². The first-order valence-electron chi connectivity index (χ1n) is 11.3. The molecule has 2 saturated heterocycles. The Morgan fingerprint density at radius 3 is 2.59 bits per heavy atom. The van der Waals surface area contributed by atoms with Crippen LogP contribution in [0.3, 0.4) is 0 Å². The van der Waals surface area contributed by atoms with Crippen molar-refractivity contribution < 1.29 is 9.59 Å². The Balaban J connectivity index is 1.25. The molecule has 8 heteroatoms. The van der Waals surface area contributed by atoms with E-state index in [1.807, 2.05) is 9.80 Å². The Labute approximate surface area is 198 Å². The van der Waals surface area contributed by atoms with Crippen LogP contribution < -0.4 is 10.2 Å². The molecule has 1 aromatic carbocycles. The molecule has 3 amide bonds. The molecule has 3 fully saturated rings. The molecule has 170 valence electrons. The van der Waals surface area contributed by atoms with Crippen LogP contribution in [0.5, 0.6) is 0 Å². The first-order chi connectivity index (χ1) is 15.4. The van der Waals surface area contributed by atoms with Crippen molar-refractivity contribution in [2.45, 2.75) is 43.2 Å². The predicted molar refractivity (Wildman–Crippen MR) is 129 cm³/mol. The molecule has 2 atom stereocenters. The molecule has 1 aliphatic carbocycles. The van der Waals surface area contributed by atoms with Crippen molar-refractivity contribution in [2.24, 2.45) is 0 Å². The van der Waals surface area contributed by atoms with Crippen molar-refractivity contribution in [1.82, 2.24) is 15.1 Å². The summed E-state index contributed by atoms with van der Waals surface area (Å²) >= 11 is 7.24. The van der Waals surface area contributed by atoms with E-state index >= 15 is 0 Å². The van der Waals surface area contributed by atoms with Gasteiger partial charge in [-0.05, 0) is 81.6 Å². The molecule has 6 nitrogen and oxygen atoms in total. The van der Waals surface area contributed by atoms with Gasteiger partial charge in [0.15, 0.2) is 0 Å². The molecule has 3 aliphatic rings. The van der Waals surface area contributed by atoms with Gasteiger partial charge in [-0.25, -0.2) is 4.79 Å². The molecular formula is C24H29ClN4O2S. The number of benzene rings is 1. The second-order valence-corrected chi connectivity index (χ2v) is 11.2. The molecule has 1 N–H and O–H groups in total. The number of thiophene rings is 1. The molecule has 0 radical (unpaired) electrons.